The highest BCUT2D eigenvalue weighted by Gasteiger charge is 2.12. The lowest BCUT2D eigenvalue weighted by molar-refractivity contribution is 0.102. The van der Waals surface area contributed by atoms with E-state index in [4.69, 9.17) is 0 Å². The lowest BCUT2D eigenvalue weighted by atomic mass is 9.94. The number of rotatable bonds is 9. The molecule has 0 aliphatic carbocycles. The van der Waals surface area contributed by atoms with E-state index < -0.39 is 0 Å². The van der Waals surface area contributed by atoms with Crippen LogP contribution in [0.25, 0.3) is 0 Å². The summed E-state index contributed by atoms with van der Waals surface area (Å²) in [6.07, 6.45) is 5.22. The second-order valence-electron chi connectivity index (χ2n) is 8.02. The summed E-state index contributed by atoms with van der Waals surface area (Å²) >= 11 is 0. The number of nitrogens with one attached hydrogen (secondary N) is 1. The van der Waals surface area contributed by atoms with Gasteiger partial charge in [0.25, 0.3) is 5.91 Å². The fourth-order valence-corrected chi connectivity index (χ4v) is 3.87. The summed E-state index contributed by atoms with van der Waals surface area (Å²) in [5.74, 6) is 0.428. The van der Waals surface area contributed by atoms with Crippen LogP contribution in [0.2, 0.25) is 0 Å². The van der Waals surface area contributed by atoms with E-state index in [9.17, 15) is 4.79 Å². The SMILES string of the molecule is CCc1ccccc1CCCc1ccc(C(C)CC)cc1NC(=O)c1ccccc1. The molecule has 1 amide bonds. The zero-order valence-electron chi connectivity index (χ0n) is 18.4. The minimum atomic E-state index is -0.0468. The number of anilines is 1. The molecular formula is C28H33NO. The van der Waals surface area contributed by atoms with Gasteiger partial charge in [-0.1, -0.05) is 75.4 Å². The van der Waals surface area contributed by atoms with Crippen LogP contribution in [0, 0.1) is 0 Å². The molecule has 0 saturated carbocycles. The summed E-state index contributed by atoms with van der Waals surface area (Å²) in [7, 11) is 0. The summed E-state index contributed by atoms with van der Waals surface area (Å²) in [4.78, 5) is 12.8. The molecule has 3 rings (SSSR count). The largest absolute Gasteiger partial charge is 0.322 e. The van der Waals surface area contributed by atoms with Gasteiger partial charge in [0.2, 0.25) is 0 Å². The first-order valence-electron chi connectivity index (χ1n) is 11.2. The average Bonchev–Trinajstić information content (AvgIpc) is 2.80. The van der Waals surface area contributed by atoms with Crippen molar-refractivity contribution in [1.82, 2.24) is 0 Å². The number of carbonyl (C=O) groups is 1. The van der Waals surface area contributed by atoms with Crippen LogP contribution in [0.5, 0.6) is 0 Å². The van der Waals surface area contributed by atoms with Crippen LogP contribution in [0.4, 0.5) is 5.69 Å². The highest BCUT2D eigenvalue weighted by molar-refractivity contribution is 6.04. The maximum absolute atomic E-state index is 12.8. The van der Waals surface area contributed by atoms with Gasteiger partial charge < -0.3 is 5.32 Å². The van der Waals surface area contributed by atoms with Crippen LogP contribution < -0.4 is 5.32 Å². The van der Waals surface area contributed by atoms with Crippen LogP contribution in [-0.4, -0.2) is 5.91 Å². The van der Waals surface area contributed by atoms with Gasteiger partial charge in [-0.15, -0.1) is 0 Å². The van der Waals surface area contributed by atoms with Crippen LogP contribution >= 0.6 is 0 Å². The van der Waals surface area contributed by atoms with Crippen LogP contribution in [-0.2, 0) is 19.3 Å². The molecule has 0 fully saturated rings. The Morgan fingerprint density at radius 3 is 2.20 bits per heavy atom. The van der Waals surface area contributed by atoms with Crippen LogP contribution in [0.3, 0.4) is 0 Å². The Hall–Kier alpha value is -2.87. The second kappa shape index (κ2) is 10.8. The van der Waals surface area contributed by atoms with Gasteiger partial charge in [-0.05, 0) is 78.5 Å². The predicted molar refractivity (Wildman–Crippen MR) is 127 cm³/mol. The molecule has 3 aromatic carbocycles. The third kappa shape index (κ3) is 5.60. The Labute approximate surface area is 181 Å². The Bertz CT molecular complexity index is 961. The number of carbonyl (C=O) groups excluding carboxylic acids is 1. The van der Waals surface area contributed by atoms with Crippen LogP contribution in [0.15, 0.2) is 72.8 Å². The second-order valence-corrected chi connectivity index (χ2v) is 8.02. The Kier molecular flexibility index (Phi) is 7.84. The lowest BCUT2D eigenvalue weighted by Crippen LogP contribution is -2.14. The Morgan fingerprint density at radius 2 is 1.50 bits per heavy atom. The zero-order chi connectivity index (χ0) is 21.3. The fraction of sp³-hybridized carbons (Fsp3) is 0.321. The summed E-state index contributed by atoms with van der Waals surface area (Å²) in [6.45, 7) is 6.65. The molecule has 0 saturated heterocycles. The molecule has 0 aliphatic heterocycles. The van der Waals surface area contributed by atoms with Gasteiger partial charge in [0.05, 0.1) is 0 Å². The first kappa shape index (κ1) is 21.8. The molecule has 1 atom stereocenters. The van der Waals surface area contributed by atoms with Crippen molar-refractivity contribution in [2.75, 3.05) is 5.32 Å². The molecule has 2 nitrogen and oxygen atoms in total. The molecule has 1 unspecified atom stereocenters. The number of benzene rings is 3. The molecule has 0 radical (unpaired) electrons. The Balaban J connectivity index is 1.77. The third-order valence-electron chi connectivity index (χ3n) is 5.99. The van der Waals surface area contributed by atoms with Gasteiger partial charge in [0.15, 0.2) is 0 Å². The van der Waals surface area contributed by atoms with E-state index >= 15 is 0 Å². The minimum absolute atomic E-state index is 0.0468. The first-order chi connectivity index (χ1) is 14.6. The molecule has 156 valence electrons. The highest BCUT2D eigenvalue weighted by atomic mass is 16.1. The van der Waals surface area contributed by atoms with Crippen molar-refractivity contribution in [1.29, 1.82) is 0 Å². The van der Waals surface area contributed by atoms with E-state index in [1.165, 1.54) is 22.3 Å². The van der Waals surface area contributed by atoms with E-state index in [1.807, 2.05) is 30.3 Å². The molecule has 1 N–H and O–H groups in total. The monoisotopic (exact) mass is 399 g/mol. The van der Waals surface area contributed by atoms with E-state index in [-0.39, 0.29) is 5.91 Å². The van der Waals surface area contributed by atoms with E-state index in [1.54, 1.807) is 0 Å². The fourth-order valence-electron chi connectivity index (χ4n) is 3.87. The van der Waals surface area contributed by atoms with Gasteiger partial charge in [-0.25, -0.2) is 0 Å². The van der Waals surface area contributed by atoms with Crippen molar-refractivity contribution in [2.24, 2.45) is 0 Å². The molecule has 2 heteroatoms. The van der Waals surface area contributed by atoms with Gasteiger partial charge in [-0.2, -0.15) is 0 Å². The number of amides is 1. The highest BCUT2D eigenvalue weighted by Crippen LogP contribution is 2.27. The molecule has 0 heterocycles. The zero-order valence-corrected chi connectivity index (χ0v) is 18.4. The van der Waals surface area contributed by atoms with Crippen molar-refractivity contribution in [2.45, 2.75) is 58.8 Å². The Morgan fingerprint density at radius 1 is 0.833 bits per heavy atom. The van der Waals surface area contributed by atoms with Crippen molar-refractivity contribution < 1.29 is 4.79 Å². The topological polar surface area (TPSA) is 29.1 Å². The summed E-state index contributed by atoms with van der Waals surface area (Å²) in [5, 5.41) is 3.18. The summed E-state index contributed by atoms with van der Waals surface area (Å²) < 4.78 is 0. The molecule has 0 bridgehead atoms. The molecule has 0 spiro atoms. The standard InChI is InChI=1S/C28H33NO/c1-4-21(3)26-19-18-24(17-11-16-23-13-10-9-12-22(23)5-2)27(20-26)29-28(30)25-14-7-6-8-15-25/h6-10,12-15,18-21H,4-5,11,16-17H2,1-3H3,(H,29,30). The molecule has 0 aliphatic rings. The van der Waals surface area contributed by atoms with E-state index in [2.05, 4.69) is 68.6 Å². The van der Waals surface area contributed by atoms with E-state index in [0.29, 0.717) is 11.5 Å². The molecule has 3 aromatic rings. The summed E-state index contributed by atoms with van der Waals surface area (Å²) in [6, 6.07) is 24.7. The van der Waals surface area contributed by atoms with E-state index in [0.717, 1.165) is 37.8 Å². The lowest BCUT2D eigenvalue weighted by Gasteiger charge is -2.16. The molecule has 30 heavy (non-hydrogen) atoms. The maximum atomic E-state index is 12.8. The minimum Gasteiger partial charge on any atom is -0.322 e. The van der Waals surface area contributed by atoms with Gasteiger partial charge >= 0.3 is 0 Å². The first-order valence-corrected chi connectivity index (χ1v) is 11.2. The van der Waals surface area contributed by atoms with Crippen molar-refractivity contribution in [3.05, 3.63) is 101 Å². The summed E-state index contributed by atoms with van der Waals surface area (Å²) in [5.41, 5.74) is 6.99. The van der Waals surface area contributed by atoms with Crippen LogP contribution in [0.1, 0.15) is 72.1 Å². The van der Waals surface area contributed by atoms with Crippen molar-refractivity contribution in [3.8, 4) is 0 Å². The van der Waals surface area contributed by atoms with Gasteiger partial charge in [-0.3, -0.25) is 4.79 Å². The van der Waals surface area contributed by atoms with Crippen molar-refractivity contribution in [3.63, 3.8) is 0 Å². The third-order valence-corrected chi connectivity index (χ3v) is 5.99. The van der Waals surface area contributed by atoms with Crippen molar-refractivity contribution >= 4 is 11.6 Å². The number of hydrogen-bond acceptors (Lipinski definition) is 1. The smallest absolute Gasteiger partial charge is 0.255 e. The average molecular weight is 400 g/mol. The maximum Gasteiger partial charge on any atom is 0.255 e. The predicted octanol–water partition coefficient (Wildman–Crippen LogP) is 7.19. The molecule has 0 aromatic heterocycles. The quantitative estimate of drug-likeness (QED) is 0.405. The molecular weight excluding hydrogens is 366 g/mol. The normalized spacial score (nSPS) is 11.8. The van der Waals surface area contributed by atoms with Gasteiger partial charge in [0, 0.05) is 11.3 Å². The van der Waals surface area contributed by atoms with Gasteiger partial charge in [0.1, 0.15) is 0 Å². The number of aryl methyl sites for hydroxylation is 3. The number of hydrogen-bond donors (Lipinski definition) is 1.